The molecule has 3 aromatic rings. The summed E-state index contributed by atoms with van der Waals surface area (Å²) in [7, 11) is 0. The van der Waals surface area contributed by atoms with E-state index in [2.05, 4.69) is 20.3 Å². The van der Waals surface area contributed by atoms with Gasteiger partial charge in [-0.25, -0.2) is 9.67 Å². The van der Waals surface area contributed by atoms with Gasteiger partial charge < -0.3 is 15.0 Å². The molecule has 1 amide bonds. The van der Waals surface area contributed by atoms with Gasteiger partial charge in [0, 0.05) is 19.2 Å². The van der Waals surface area contributed by atoms with Gasteiger partial charge in [0.2, 0.25) is 0 Å². The standard InChI is InChI=1S/C21H23N5O3/c1-15-5-7-17(8-6-15)26-20(27)13-18(24-26)21(28)22-14-16-3-2-4-19(23-16)25-9-11-29-12-10-25/h2-8,13,24H,9-12,14H2,1H3,(H,22,28). The lowest BCUT2D eigenvalue weighted by molar-refractivity contribution is 0.0945. The van der Waals surface area contributed by atoms with E-state index in [9.17, 15) is 9.59 Å². The highest BCUT2D eigenvalue weighted by molar-refractivity contribution is 5.92. The van der Waals surface area contributed by atoms with E-state index in [0.29, 0.717) is 18.9 Å². The molecule has 0 aliphatic carbocycles. The van der Waals surface area contributed by atoms with E-state index in [0.717, 1.165) is 30.2 Å². The summed E-state index contributed by atoms with van der Waals surface area (Å²) in [6.45, 7) is 5.23. The number of morpholine rings is 1. The second kappa shape index (κ2) is 8.32. The number of nitrogens with zero attached hydrogens (tertiary/aromatic N) is 3. The predicted octanol–water partition coefficient (Wildman–Crippen LogP) is 1.64. The van der Waals surface area contributed by atoms with E-state index in [1.807, 2.05) is 49.4 Å². The lowest BCUT2D eigenvalue weighted by Crippen LogP contribution is -2.37. The van der Waals surface area contributed by atoms with Crippen LogP contribution in [0.3, 0.4) is 0 Å². The molecule has 1 aromatic carbocycles. The highest BCUT2D eigenvalue weighted by atomic mass is 16.5. The van der Waals surface area contributed by atoms with Gasteiger partial charge >= 0.3 is 0 Å². The molecule has 0 saturated carbocycles. The van der Waals surface area contributed by atoms with Crippen molar-refractivity contribution in [2.45, 2.75) is 13.5 Å². The first kappa shape index (κ1) is 18.9. The van der Waals surface area contributed by atoms with Crippen LogP contribution in [0.1, 0.15) is 21.7 Å². The molecule has 3 heterocycles. The first-order valence-electron chi connectivity index (χ1n) is 9.56. The average molecular weight is 393 g/mol. The topological polar surface area (TPSA) is 92.2 Å². The zero-order chi connectivity index (χ0) is 20.2. The average Bonchev–Trinajstić information content (AvgIpc) is 3.15. The van der Waals surface area contributed by atoms with Crippen molar-refractivity contribution in [2.75, 3.05) is 31.2 Å². The van der Waals surface area contributed by atoms with Gasteiger partial charge in [-0.3, -0.25) is 14.7 Å². The van der Waals surface area contributed by atoms with E-state index < -0.39 is 0 Å². The Balaban J connectivity index is 1.43. The number of nitrogens with one attached hydrogen (secondary N) is 2. The summed E-state index contributed by atoms with van der Waals surface area (Å²) in [4.78, 5) is 31.5. The van der Waals surface area contributed by atoms with Crippen LogP contribution < -0.4 is 15.8 Å². The number of hydrogen-bond acceptors (Lipinski definition) is 5. The van der Waals surface area contributed by atoms with Crippen LogP contribution in [0.4, 0.5) is 5.82 Å². The lowest BCUT2D eigenvalue weighted by atomic mass is 10.2. The molecule has 29 heavy (non-hydrogen) atoms. The van der Waals surface area contributed by atoms with Crippen LogP contribution in [0, 0.1) is 6.92 Å². The second-order valence-corrected chi connectivity index (χ2v) is 6.95. The van der Waals surface area contributed by atoms with E-state index >= 15 is 0 Å². The molecule has 1 fully saturated rings. The van der Waals surface area contributed by atoms with E-state index in [4.69, 9.17) is 4.74 Å². The van der Waals surface area contributed by atoms with Crippen molar-refractivity contribution in [3.63, 3.8) is 0 Å². The number of pyridine rings is 1. The molecule has 0 atom stereocenters. The Morgan fingerprint density at radius 2 is 1.93 bits per heavy atom. The number of hydrogen-bond donors (Lipinski definition) is 2. The highest BCUT2D eigenvalue weighted by Gasteiger charge is 2.14. The molecule has 0 spiro atoms. The van der Waals surface area contributed by atoms with Crippen LogP contribution in [0.2, 0.25) is 0 Å². The number of ether oxygens (including phenoxy) is 1. The Hall–Kier alpha value is -3.39. The maximum atomic E-state index is 12.5. The minimum atomic E-state index is -0.355. The SMILES string of the molecule is Cc1ccc(-n2[nH]c(C(=O)NCc3cccc(N4CCOCC4)n3)cc2=O)cc1. The van der Waals surface area contributed by atoms with Gasteiger partial charge in [0.1, 0.15) is 11.5 Å². The molecule has 8 nitrogen and oxygen atoms in total. The molecule has 1 saturated heterocycles. The second-order valence-electron chi connectivity index (χ2n) is 6.95. The molecule has 0 bridgehead atoms. The third-order valence-corrected chi connectivity index (χ3v) is 4.81. The highest BCUT2D eigenvalue weighted by Crippen LogP contribution is 2.13. The Morgan fingerprint density at radius 1 is 1.17 bits per heavy atom. The minimum Gasteiger partial charge on any atom is -0.378 e. The molecule has 2 aromatic heterocycles. The largest absolute Gasteiger partial charge is 0.378 e. The van der Waals surface area contributed by atoms with Crippen molar-refractivity contribution in [1.29, 1.82) is 0 Å². The molecule has 4 rings (SSSR count). The van der Waals surface area contributed by atoms with Crippen LogP contribution in [-0.4, -0.2) is 47.0 Å². The van der Waals surface area contributed by atoms with Crippen LogP contribution in [0.25, 0.3) is 5.69 Å². The molecule has 8 heteroatoms. The van der Waals surface area contributed by atoms with E-state index in [1.165, 1.54) is 10.7 Å². The van der Waals surface area contributed by atoms with Crippen LogP contribution >= 0.6 is 0 Å². The van der Waals surface area contributed by atoms with Crippen molar-refractivity contribution in [3.8, 4) is 5.69 Å². The van der Waals surface area contributed by atoms with Crippen molar-refractivity contribution in [3.05, 3.63) is 75.8 Å². The summed E-state index contributed by atoms with van der Waals surface area (Å²) in [5, 5.41) is 5.68. The third kappa shape index (κ3) is 4.38. The number of H-pyrrole nitrogens is 1. The predicted molar refractivity (Wildman–Crippen MR) is 110 cm³/mol. The quantitative estimate of drug-likeness (QED) is 0.688. The third-order valence-electron chi connectivity index (χ3n) is 4.81. The van der Waals surface area contributed by atoms with Crippen LogP contribution in [-0.2, 0) is 11.3 Å². The van der Waals surface area contributed by atoms with Gasteiger partial charge in [-0.15, -0.1) is 0 Å². The minimum absolute atomic E-state index is 0.208. The number of carbonyl (C=O) groups excluding carboxylic acids is 1. The summed E-state index contributed by atoms with van der Waals surface area (Å²) in [5.74, 6) is 0.519. The number of aryl methyl sites for hydroxylation is 1. The molecular weight excluding hydrogens is 370 g/mol. The van der Waals surface area contributed by atoms with Gasteiger partial charge in [-0.2, -0.15) is 0 Å². The molecule has 2 N–H and O–H groups in total. The monoisotopic (exact) mass is 393 g/mol. The maximum absolute atomic E-state index is 12.5. The van der Waals surface area contributed by atoms with E-state index in [1.54, 1.807) is 0 Å². The molecule has 0 unspecified atom stereocenters. The van der Waals surface area contributed by atoms with Crippen molar-refractivity contribution in [1.82, 2.24) is 20.1 Å². The lowest BCUT2D eigenvalue weighted by Gasteiger charge is -2.28. The van der Waals surface area contributed by atoms with Gasteiger partial charge in [0.25, 0.3) is 11.5 Å². The summed E-state index contributed by atoms with van der Waals surface area (Å²) < 4.78 is 6.72. The first-order chi connectivity index (χ1) is 14.1. The summed E-state index contributed by atoms with van der Waals surface area (Å²) in [6, 6.07) is 14.5. The summed E-state index contributed by atoms with van der Waals surface area (Å²) in [6.07, 6.45) is 0. The Morgan fingerprint density at radius 3 is 2.69 bits per heavy atom. The Labute approximate surface area is 168 Å². The van der Waals surface area contributed by atoms with Gasteiger partial charge in [0.05, 0.1) is 31.1 Å². The number of rotatable bonds is 5. The molecule has 1 aliphatic heterocycles. The summed E-state index contributed by atoms with van der Waals surface area (Å²) in [5.41, 5.74) is 2.45. The van der Waals surface area contributed by atoms with Crippen molar-refractivity contribution < 1.29 is 9.53 Å². The normalized spacial score (nSPS) is 14.0. The maximum Gasteiger partial charge on any atom is 0.271 e. The zero-order valence-corrected chi connectivity index (χ0v) is 16.2. The molecule has 150 valence electrons. The molecular formula is C21H23N5O3. The number of amides is 1. The number of aromatic amines is 1. The number of benzene rings is 1. The fourth-order valence-electron chi connectivity index (χ4n) is 3.20. The van der Waals surface area contributed by atoms with Gasteiger partial charge in [0.15, 0.2) is 0 Å². The van der Waals surface area contributed by atoms with Crippen LogP contribution in [0.5, 0.6) is 0 Å². The Bertz CT molecular complexity index is 1050. The first-order valence-corrected chi connectivity index (χ1v) is 9.56. The zero-order valence-electron chi connectivity index (χ0n) is 16.2. The number of aromatic nitrogens is 3. The molecule has 0 radical (unpaired) electrons. The van der Waals surface area contributed by atoms with Gasteiger partial charge in [-0.05, 0) is 31.2 Å². The Kier molecular flexibility index (Phi) is 5.44. The van der Waals surface area contributed by atoms with Crippen molar-refractivity contribution in [2.24, 2.45) is 0 Å². The van der Waals surface area contributed by atoms with Crippen LogP contribution in [0.15, 0.2) is 53.3 Å². The summed E-state index contributed by atoms with van der Waals surface area (Å²) >= 11 is 0. The van der Waals surface area contributed by atoms with Gasteiger partial charge in [-0.1, -0.05) is 23.8 Å². The van der Waals surface area contributed by atoms with Crippen molar-refractivity contribution >= 4 is 11.7 Å². The van der Waals surface area contributed by atoms with E-state index in [-0.39, 0.29) is 23.7 Å². The smallest absolute Gasteiger partial charge is 0.271 e. The fraction of sp³-hybridized carbons (Fsp3) is 0.286. The number of anilines is 1. The number of carbonyl (C=O) groups is 1. The molecule has 1 aliphatic rings. The fourth-order valence-corrected chi connectivity index (χ4v) is 3.20.